The molecule has 130 valence electrons. The molecule has 0 saturated heterocycles. The fourth-order valence-corrected chi connectivity index (χ4v) is 2.08. The number of hydrogen-bond donors (Lipinski definition) is 1. The topological polar surface area (TPSA) is 90.5 Å². The molecule has 8 nitrogen and oxygen atoms in total. The molecule has 25 heavy (non-hydrogen) atoms. The van der Waals surface area contributed by atoms with Gasteiger partial charge in [-0.25, -0.2) is 14.6 Å². The van der Waals surface area contributed by atoms with Crippen LogP contribution in [0.2, 0.25) is 0 Å². The van der Waals surface area contributed by atoms with Crippen molar-refractivity contribution in [3.05, 3.63) is 48.4 Å². The Hall–Kier alpha value is -3.24. The number of nitrogens with one attached hydrogen (secondary N) is 1. The smallest absolute Gasteiger partial charge is 0.320 e. The van der Waals surface area contributed by atoms with Crippen LogP contribution >= 0.6 is 0 Å². The highest BCUT2D eigenvalue weighted by Gasteiger charge is 2.39. The van der Waals surface area contributed by atoms with E-state index in [-0.39, 0.29) is 12.2 Å². The molecule has 0 atom stereocenters. The quantitative estimate of drug-likeness (QED) is 0.778. The van der Waals surface area contributed by atoms with Gasteiger partial charge in [-0.15, -0.1) is 0 Å². The molecule has 0 bridgehead atoms. The molecule has 3 aromatic rings. The summed E-state index contributed by atoms with van der Waals surface area (Å²) in [6.07, 6.45) is 0.431. The molecule has 0 spiro atoms. The van der Waals surface area contributed by atoms with E-state index in [9.17, 15) is 18.0 Å². The molecular weight excluding hydrogens is 339 g/mol. The van der Waals surface area contributed by atoms with E-state index < -0.39 is 23.3 Å². The Morgan fingerprint density at radius 3 is 2.68 bits per heavy atom. The molecule has 11 heteroatoms. The van der Waals surface area contributed by atoms with Gasteiger partial charge in [-0.05, 0) is 19.1 Å². The summed E-state index contributed by atoms with van der Waals surface area (Å²) in [6.45, 7) is 1.84. The zero-order valence-electron chi connectivity index (χ0n) is 12.9. The van der Waals surface area contributed by atoms with E-state index in [1.54, 1.807) is 13.0 Å². The van der Waals surface area contributed by atoms with Gasteiger partial charge in [0.1, 0.15) is 12.7 Å². The van der Waals surface area contributed by atoms with E-state index in [4.69, 9.17) is 0 Å². The molecular formula is C14H12F3N7O. The predicted molar refractivity (Wildman–Crippen MR) is 80.0 cm³/mol. The van der Waals surface area contributed by atoms with Crippen LogP contribution in [0.15, 0.2) is 37.2 Å². The van der Waals surface area contributed by atoms with Gasteiger partial charge < -0.3 is 5.32 Å². The number of hydrogen-bond acceptors (Lipinski definition) is 5. The number of nitrogens with zero attached hydrogens (tertiary/aromatic N) is 6. The number of anilines is 1. The van der Waals surface area contributed by atoms with Gasteiger partial charge in [0.05, 0.1) is 17.4 Å². The van der Waals surface area contributed by atoms with Crippen LogP contribution in [-0.2, 0) is 12.7 Å². The fourth-order valence-electron chi connectivity index (χ4n) is 2.08. The number of rotatable bonds is 4. The molecule has 0 aliphatic carbocycles. The van der Waals surface area contributed by atoms with E-state index >= 15 is 0 Å². The third kappa shape index (κ3) is 3.49. The van der Waals surface area contributed by atoms with Crippen molar-refractivity contribution in [2.75, 3.05) is 5.32 Å². The average molecular weight is 351 g/mol. The Bertz CT molecular complexity index is 869. The van der Waals surface area contributed by atoms with Crippen molar-refractivity contribution in [3.8, 4) is 5.82 Å². The lowest BCUT2D eigenvalue weighted by Gasteiger charge is -2.07. The van der Waals surface area contributed by atoms with Crippen molar-refractivity contribution in [1.82, 2.24) is 29.5 Å². The Labute approximate surface area is 139 Å². The summed E-state index contributed by atoms with van der Waals surface area (Å²) >= 11 is 0. The van der Waals surface area contributed by atoms with Crippen LogP contribution in [0.1, 0.15) is 23.0 Å². The first-order valence-electron chi connectivity index (χ1n) is 7.15. The minimum atomic E-state index is -4.72. The lowest BCUT2D eigenvalue weighted by Crippen LogP contribution is -2.18. The van der Waals surface area contributed by atoms with E-state index in [1.807, 2.05) is 0 Å². The number of aromatic nitrogens is 6. The van der Waals surface area contributed by atoms with Crippen molar-refractivity contribution in [2.45, 2.75) is 19.6 Å². The summed E-state index contributed by atoms with van der Waals surface area (Å²) in [6, 6.07) is 3.05. The molecule has 1 amide bonds. The lowest BCUT2D eigenvalue weighted by atomic mass is 10.2. The maximum Gasteiger partial charge on any atom is 0.435 e. The second-order valence-corrected chi connectivity index (χ2v) is 4.94. The first-order chi connectivity index (χ1) is 11.9. The van der Waals surface area contributed by atoms with Crippen LogP contribution in [-0.4, -0.2) is 35.4 Å². The normalized spacial score (nSPS) is 11.5. The third-order valence-electron chi connectivity index (χ3n) is 3.26. The standard InChI is InChI=1S/C14H12F3N7O/c1-2-23-6-10(12(22-23)14(15,16)17)13(25)21-9-3-4-11(19-5-9)24-8-18-7-20-24/h3-8H,2H2,1H3,(H,21,25). The van der Waals surface area contributed by atoms with E-state index in [2.05, 4.69) is 25.5 Å². The van der Waals surface area contributed by atoms with Gasteiger partial charge in [0.2, 0.25) is 0 Å². The summed E-state index contributed by atoms with van der Waals surface area (Å²) in [5.41, 5.74) is -1.53. The molecule has 3 rings (SSSR count). The van der Waals surface area contributed by atoms with Crippen LogP contribution in [0.25, 0.3) is 5.82 Å². The first-order valence-corrected chi connectivity index (χ1v) is 7.15. The number of carbonyl (C=O) groups is 1. The molecule has 0 unspecified atom stereocenters. The Morgan fingerprint density at radius 2 is 2.12 bits per heavy atom. The SMILES string of the molecule is CCn1cc(C(=O)Nc2ccc(-n3cncn3)nc2)c(C(F)(F)F)n1. The number of amides is 1. The Balaban J connectivity index is 1.82. The molecule has 3 aromatic heterocycles. The molecule has 0 aliphatic rings. The summed E-state index contributed by atoms with van der Waals surface area (Å²) < 4.78 is 41.5. The fraction of sp³-hybridized carbons (Fsp3) is 0.214. The molecule has 0 fully saturated rings. The minimum absolute atomic E-state index is 0.213. The van der Waals surface area contributed by atoms with Gasteiger partial charge in [0, 0.05) is 12.7 Å². The van der Waals surface area contributed by atoms with Gasteiger partial charge in [-0.2, -0.15) is 23.4 Å². The highest BCUT2D eigenvalue weighted by Crippen LogP contribution is 2.31. The van der Waals surface area contributed by atoms with Gasteiger partial charge in [0.15, 0.2) is 11.5 Å². The molecule has 0 aromatic carbocycles. The van der Waals surface area contributed by atoms with Crippen LogP contribution in [0.5, 0.6) is 0 Å². The Morgan fingerprint density at radius 1 is 1.32 bits per heavy atom. The zero-order valence-corrected chi connectivity index (χ0v) is 12.9. The number of aryl methyl sites for hydroxylation is 1. The number of pyridine rings is 1. The lowest BCUT2D eigenvalue weighted by molar-refractivity contribution is -0.141. The second kappa shape index (κ2) is 6.34. The van der Waals surface area contributed by atoms with Crippen molar-refractivity contribution in [1.29, 1.82) is 0 Å². The van der Waals surface area contributed by atoms with Crippen LogP contribution in [0.3, 0.4) is 0 Å². The third-order valence-corrected chi connectivity index (χ3v) is 3.26. The maximum atomic E-state index is 13.0. The van der Waals surface area contributed by atoms with Crippen molar-refractivity contribution in [2.24, 2.45) is 0 Å². The summed E-state index contributed by atoms with van der Waals surface area (Å²) in [5.74, 6) is -0.465. The summed E-state index contributed by atoms with van der Waals surface area (Å²) in [7, 11) is 0. The van der Waals surface area contributed by atoms with Crippen molar-refractivity contribution >= 4 is 11.6 Å². The van der Waals surface area contributed by atoms with Crippen LogP contribution in [0.4, 0.5) is 18.9 Å². The predicted octanol–water partition coefficient (Wildman–Crippen LogP) is 2.15. The maximum absolute atomic E-state index is 13.0. The highest BCUT2D eigenvalue weighted by molar-refractivity contribution is 6.05. The molecule has 0 saturated carbocycles. The first kappa shape index (κ1) is 16.6. The minimum Gasteiger partial charge on any atom is -0.320 e. The largest absolute Gasteiger partial charge is 0.435 e. The number of carbonyl (C=O) groups excluding carboxylic acids is 1. The van der Waals surface area contributed by atoms with Crippen LogP contribution < -0.4 is 5.32 Å². The van der Waals surface area contributed by atoms with E-state index in [1.165, 1.54) is 29.6 Å². The van der Waals surface area contributed by atoms with Gasteiger partial charge in [0.25, 0.3) is 5.91 Å². The molecule has 0 radical (unpaired) electrons. The number of alkyl halides is 3. The van der Waals surface area contributed by atoms with Gasteiger partial charge >= 0.3 is 6.18 Å². The highest BCUT2D eigenvalue weighted by atomic mass is 19.4. The summed E-state index contributed by atoms with van der Waals surface area (Å²) in [5, 5.41) is 9.68. The van der Waals surface area contributed by atoms with Crippen LogP contribution in [0, 0.1) is 0 Å². The molecule has 0 aliphatic heterocycles. The zero-order chi connectivity index (χ0) is 18.0. The van der Waals surface area contributed by atoms with E-state index in [0.717, 1.165) is 10.9 Å². The second-order valence-electron chi connectivity index (χ2n) is 4.94. The molecule has 1 N–H and O–H groups in total. The Kier molecular flexibility index (Phi) is 4.21. The molecule has 3 heterocycles. The monoisotopic (exact) mass is 351 g/mol. The van der Waals surface area contributed by atoms with Crippen molar-refractivity contribution < 1.29 is 18.0 Å². The number of halogens is 3. The average Bonchev–Trinajstić information content (AvgIpc) is 3.24. The van der Waals surface area contributed by atoms with Crippen molar-refractivity contribution in [3.63, 3.8) is 0 Å². The van der Waals surface area contributed by atoms with Gasteiger partial charge in [-0.3, -0.25) is 9.48 Å². The van der Waals surface area contributed by atoms with Gasteiger partial charge in [-0.1, -0.05) is 0 Å². The summed E-state index contributed by atoms with van der Waals surface area (Å²) in [4.78, 5) is 20.0. The van der Waals surface area contributed by atoms with E-state index in [0.29, 0.717) is 5.82 Å².